The number of halogens is 1. The van der Waals surface area contributed by atoms with Crippen molar-refractivity contribution in [2.45, 2.75) is 19.4 Å². The van der Waals surface area contributed by atoms with E-state index in [0.29, 0.717) is 0 Å². The molecule has 0 aliphatic carbocycles. The molecule has 0 fully saturated rings. The van der Waals surface area contributed by atoms with Crippen LogP contribution < -0.4 is 5.32 Å². The Labute approximate surface area is 167 Å². The van der Waals surface area contributed by atoms with Gasteiger partial charge < -0.3 is 5.32 Å². The van der Waals surface area contributed by atoms with Gasteiger partial charge in [-0.1, -0.05) is 42.5 Å². The molecular formula is C22H20FN3O3. The molecular weight excluding hydrogens is 373 g/mol. The van der Waals surface area contributed by atoms with E-state index in [1.165, 1.54) is 29.9 Å². The maximum atomic E-state index is 14.2. The molecule has 148 valence electrons. The molecule has 0 saturated heterocycles. The lowest BCUT2D eigenvalue weighted by atomic mass is 9.99. The van der Waals surface area contributed by atoms with Crippen LogP contribution in [0, 0.1) is 5.82 Å². The Kier molecular flexibility index (Phi) is 5.97. The molecule has 7 heteroatoms. The zero-order chi connectivity index (χ0) is 21.0. The van der Waals surface area contributed by atoms with Crippen LogP contribution in [-0.2, 0) is 23.1 Å². The lowest BCUT2D eigenvalue weighted by Crippen LogP contribution is -2.44. The van der Waals surface area contributed by atoms with Gasteiger partial charge in [-0.05, 0) is 17.7 Å². The van der Waals surface area contributed by atoms with Crippen molar-refractivity contribution >= 4 is 17.5 Å². The number of Topliss-reactive ketones (excluding diaryl/α,β-unsaturated/α-hetero) is 2. The van der Waals surface area contributed by atoms with Gasteiger partial charge in [-0.3, -0.25) is 19.1 Å². The first kappa shape index (κ1) is 20.1. The normalized spacial score (nSPS) is 11.7. The zero-order valence-electron chi connectivity index (χ0n) is 16.1. The Balaban J connectivity index is 1.91. The highest BCUT2D eigenvalue weighted by Gasteiger charge is 2.27. The topological polar surface area (TPSA) is 81.1 Å². The third-order valence-electron chi connectivity index (χ3n) is 4.45. The molecule has 1 unspecified atom stereocenters. The van der Waals surface area contributed by atoms with Gasteiger partial charge in [0.1, 0.15) is 11.5 Å². The summed E-state index contributed by atoms with van der Waals surface area (Å²) in [6.45, 7) is 1.17. The zero-order valence-corrected chi connectivity index (χ0v) is 16.1. The fourth-order valence-corrected chi connectivity index (χ4v) is 3.05. The summed E-state index contributed by atoms with van der Waals surface area (Å²) in [6, 6.07) is 14.0. The smallest absolute Gasteiger partial charge is 0.255 e. The standard InChI is InChI=1S/C22H20FN3O3/c1-14(27)21(28)19(12-15-8-4-3-5-9-15)24-22(29)17-13-26(2)25-20(17)16-10-6-7-11-18(16)23/h3-11,13,19H,12H2,1-2H3,(H,24,29). The Morgan fingerprint density at radius 1 is 1.07 bits per heavy atom. The van der Waals surface area contributed by atoms with E-state index in [2.05, 4.69) is 10.4 Å². The molecule has 0 radical (unpaired) electrons. The van der Waals surface area contributed by atoms with Gasteiger partial charge in [0.2, 0.25) is 5.78 Å². The molecule has 3 aromatic rings. The molecule has 1 aromatic heterocycles. The van der Waals surface area contributed by atoms with Crippen LogP contribution >= 0.6 is 0 Å². The number of aromatic nitrogens is 2. The first-order valence-corrected chi connectivity index (χ1v) is 9.05. The first-order chi connectivity index (χ1) is 13.9. The number of nitrogens with zero attached hydrogens (tertiary/aromatic N) is 2. The van der Waals surface area contributed by atoms with Crippen molar-refractivity contribution in [3.63, 3.8) is 0 Å². The van der Waals surface area contributed by atoms with E-state index < -0.39 is 29.3 Å². The van der Waals surface area contributed by atoms with E-state index in [4.69, 9.17) is 0 Å². The van der Waals surface area contributed by atoms with Crippen LogP contribution in [0.1, 0.15) is 22.8 Å². The Bertz CT molecular complexity index is 1060. The van der Waals surface area contributed by atoms with E-state index in [-0.39, 0.29) is 23.2 Å². The third-order valence-corrected chi connectivity index (χ3v) is 4.45. The van der Waals surface area contributed by atoms with E-state index in [0.717, 1.165) is 5.56 Å². The fraction of sp³-hybridized carbons (Fsp3) is 0.182. The first-order valence-electron chi connectivity index (χ1n) is 9.05. The summed E-state index contributed by atoms with van der Waals surface area (Å²) in [5, 5.41) is 6.82. The van der Waals surface area contributed by atoms with Crippen molar-refractivity contribution < 1.29 is 18.8 Å². The number of carbonyl (C=O) groups is 3. The average molecular weight is 393 g/mol. The fourth-order valence-electron chi connectivity index (χ4n) is 3.05. The summed E-state index contributed by atoms with van der Waals surface area (Å²) in [4.78, 5) is 37.0. The van der Waals surface area contributed by atoms with Gasteiger partial charge in [0.15, 0.2) is 5.78 Å². The van der Waals surface area contributed by atoms with Crippen LogP contribution in [-0.4, -0.2) is 33.3 Å². The number of hydrogen-bond acceptors (Lipinski definition) is 4. The highest BCUT2D eigenvalue weighted by molar-refractivity contribution is 6.38. The minimum absolute atomic E-state index is 0.118. The lowest BCUT2D eigenvalue weighted by Gasteiger charge is -2.16. The average Bonchev–Trinajstić information content (AvgIpc) is 3.09. The van der Waals surface area contributed by atoms with Gasteiger partial charge in [-0.25, -0.2) is 4.39 Å². The predicted octanol–water partition coefficient (Wildman–Crippen LogP) is 2.73. The number of benzene rings is 2. The molecule has 3 rings (SSSR count). The number of nitrogens with one attached hydrogen (secondary N) is 1. The van der Waals surface area contributed by atoms with Crippen molar-refractivity contribution in [2.75, 3.05) is 0 Å². The summed E-state index contributed by atoms with van der Waals surface area (Å²) in [5.74, 6) is -2.46. The van der Waals surface area contributed by atoms with Gasteiger partial charge in [-0.15, -0.1) is 0 Å². The number of rotatable bonds is 7. The number of ketones is 2. The van der Waals surface area contributed by atoms with E-state index in [1.807, 2.05) is 18.2 Å². The van der Waals surface area contributed by atoms with Crippen molar-refractivity contribution in [3.05, 3.63) is 77.7 Å². The van der Waals surface area contributed by atoms with Gasteiger partial charge in [-0.2, -0.15) is 5.10 Å². The molecule has 0 saturated carbocycles. The van der Waals surface area contributed by atoms with Crippen LogP contribution in [0.3, 0.4) is 0 Å². The Hall–Kier alpha value is -3.61. The molecule has 0 aliphatic rings. The van der Waals surface area contributed by atoms with Crippen molar-refractivity contribution in [1.82, 2.24) is 15.1 Å². The third kappa shape index (κ3) is 4.63. The molecule has 1 atom stereocenters. The predicted molar refractivity (Wildman–Crippen MR) is 106 cm³/mol. The van der Waals surface area contributed by atoms with E-state index in [9.17, 15) is 18.8 Å². The summed E-state index contributed by atoms with van der Waals surface area (Å²) >= 11 is 0. The molecule has 6 nitrogen and oxygen atoms in total. The van der Waals surface area contributed by atoms with Gasteiger partial charge in [0.25, 0.3) is 5.91 Å². The largest absolute Gasteiger partial charge is 0.341 e. The van der Waals surface area contributed by atoms with Gasteiger partial charge >= 0.3 is 0 Å². The van der Waals surface area contributed by atoms with Crippen LogP contribution in [0.2, 0.25) is 0 Å². The monoisotopic (exact) mass is 393 g/mol. The molecule has 0 aliphatic heterocycles. The molecule has 1 heterocycles. The molecule has 0 spiro atoms. The Morgan fingerprint density at radius 3 is 2.38 bits per heavy atom. The van der Waals surface area contributed by atoms with Crippen LogP contribution in [0.25, 0.3) is 11.3 Å². The minimum Gasteiger partial charge on any atom is -0.341 e. The summed E-state index contributed by atoms with van der Waals surface area (Å²) in [7, 11) is 1.61. The summed E-state index contributed by atoms with van der Waals surface area (Å²) in [6.07, 6.45) is 1.62. The molecule has 2 aromatic carbocycles. The van der Waals surface area contributed by atoms with Crippen LogP contribution in [0.15, 0.2) is 60.8 Å². The quantitative estimate of drug-likeness (QED) is 0.626. The lowest BCUT2D eigenvalue weighted by molar-refractivity contribution is -0.136. The SMILES string of the molecule is CC(=O)C(=O)C(Cc1ccccc1)NC(=O)c1cn(C)nc1-c1ccccc1F. The van der Waals surface area contributed by atoms with Crippen molar-refractivity contribution in [3.8, 4) is 11.3 Å². The number of carbonyl (C=O) groups excluding carboxylic acids is 3. The number of amides is 1. The summed E-state index contributed by atoms with van der Waals surface area (Å²) in [5.41, 5.74) is 1.26. The second-order valence-corrected chi connectivity index (χ2v) is 6.68. The van der Waals surface area contributed by atoms with Crippen molar-refractivity contribution in [1.29, 1.82) is 0 Å². The number of aryl methyl sites for hydroxylation is 1. The summed E-state index contributed by atoms with van der Waals surface area (Å²) < 4.78 is 15.6. The minimum atomic E-state index is -1.03. The highest BCUT2D eigenvalue weighted by atomic mass is 19.1. The van der Waals surface area contributed by atoms with E-state index in [1.54, 1.807) is 31.3 Å². The maximum Gasteiger partial charge on any atom is 0.255 e. The second kappa shape index (κ2) is 8.60. The Morgan fingerprint density at radius 2 is 1.72 bits per heavy atom. The second-order valence-electron chi connectivity index (χ2n) is 6.68. The maximum absolute atomic E-state index is 14.2. The number of hydrogen-bond donors (Lipinski definition) is 1. The highest BCUT2D eigenvalue weighted by Crippen LogP contribution is 2.24. The van der Waals surface area contributed by atoms with Crippen molar-refractivity contribution in [2.24, 2.45) is 7.05 Å². The van der Waals surface area contributed by atoms with Crippen LogP contribution in [0.5, 0.6) is 0 Å². The van der Waals surface area contributed by atoms with E-state index >= 15 is 0 Å². The van der Waals surface area contributed by atoms with Crippen LogP contribution in [0.4, 0.5) is 4.39 Å². The van der Waals surface area contributed by atoms with Gasteiger partial charge in [0, 0.05) is 32.2 Å². The molecule has 29 heavy (non-hydrogen) atoms. The van der Waals surface area contributed by atoms with Gasteiger partial charge in [0.05, 0.1) is 11.6 Å². The molecule has 0 bridgehead atoms. The molecule has 1 amide bonds. The molecule has 1 N–H and O–H groups in total.